The van der Waals surface area contributed by atoms with E-state index in [1.54, 1.807) is 0 Å². The molecule has 31 heavy (non-hydrogen) atoms. The molecular formula is C21H30F3IN4O2. The second-order valence-corrected chi connectivity index (χ2v) is 7.99. The molecule has 1 aromatic carbocycles. The van der Waals surface area contributed by atoms with Gasteiger partial charge in [0.1, 0.15) is 24.4 Å². The highest BCUT2D eigenvalue weighted by molar-refractivity contribution is 14.0. The molecule has 1 unspecified atom stereocenters. The molecule has 2 N–H and O–H groups in total. The number of para-hydroxylation sites is 1. The van der Waals surface area contributed by atoms with Gasteiger partial charge in [-0.15, -0.1) is 24.0 Å². The zero-order valence-electron chi connectivity index (χ0n) is 17.8. The first-order valence-electron chi connectivity index (χ1n) is 10.3. The Hall–Kier alpha value is -1.72. The van der Waals surface area contributed by atoms with Crippen LogP contribution in [0.25, 0.3) is 0 Å². The number of hydrogen-bond acceptors (Lipinski definition) is 3. The van der Waals surface area contributed by atoms with Crippen molar-refractivity contribution in [2.75, 3.05) is 26.7 Å². The predicted octanol–water partition coefficient (Wildman–Crippen LogP) is 4.02. The van der Waals surface area contributed by atoms with E-state index >= 15 is 0 Å². The molecule has 1 atom stereocenters. The van der Waals surface area contributed by atoms with Gasteiger partial charge < -0.3 is 20.3 Å². The zero-order valence-corrected chi connectivity index (χ0v) is 20.1. The Balaban J connectivity index is 0.00000341. The molecule has 2 aliphatic rings. The van der Waals surface area contributed by atoms with E-state index in [4.69, 9.17) is 4.74 Å². The fourth-order valence-electron chi connectivity index (χ4n) is 4.18. The fraction of sp³-hybridized carbons (Fsp3) is 0.619. The van der Waals surface area contributed by atoms with Crippen molar-refractivity contribution in [2.45, 2.75) is 56.8 Å². The number of nitrogens with zero attached hydrogens (tertiary/aromatic N) is 2. The molecule has 0 bridgehead atoms. The second kappa shape index (κ2) is 10.7. The normalized spacial score (nSPS) is 19.8. The fourth-order valence-corrected chi connectivity index (χ4v) is 4.18. The lowest BCUT2D eigenvalue weighted by Crippen LogP contribution is -2.47. The third-order valence-electron chi connectivity index (χ3n) is 5.58. The Morgan fingerprint density at radius 1 is 1.29 bits per heavy atom. The van der Waals surface area contributed by atoms with Gasteiger partial charge >= 0.3 is 6.18 Å². The van der Waals surface area contributed by atoms with Crippen LogP contribution in [-0.2, 0) is 4.79 Å². The van der Waals surface area contributed by atoms with Crippen molar-refractivity contribution < 1.29 is 22.7 Å². The lowest BCUT2D eigenvalue weighted by Gasteiger charge is -2.40. The molecule has 10 heteroatoms. The molecule has 1 spiro atoms. The third-order valence-corrected chi connectivity index (χ3v) is 5.58. The van der Waals surface area contributed by atoms with Gasteiger partial charge in [-0.2, -0.15) is 13.2 Å². The molecule has 0 saturated heterocycles. The van der Waals surface area contributed by atoms with Gasteiger partial charge in [0.2, 0.25) is 5.91 Å². The van der Waals surface area contributed by atoms with Gasteiger partial charge in [-0.3, -0.25) is 4.79 Å². The van der Waals surface area contributed by atoms with E-state index in [0.29, 0.717) is 17.4 Å². The summed E-state index contributed by atoms with van der Waals surface area (Å²) in [5.74, 6) is 0.560. The number of fused-ring (bicyclic) bond motifs is 1. The van der Waals surface area contributed by atoms with Crippen molar-refractivity contribution in [1.82, 2.24) is 15.5 Å². The molecule has 0 aromatic heterocycles. The van der Waals surface area contributed by atoms with Crippen LogP contribution in [-0.4, -0.2) is 55.2 Å². The summed E-state index contributed by atoms with van der Waals surface area (Å²) in [6.07, 6.45) is 0.586. The van der Waals surface area contributed by atoms with Crippen LogP contribution in [0.5, 0.6) is 5.75 Å². The smallest absolute Gasteiger partial charge is 0.406 e. The van der Waals surface area contributed by atoms with E-state index in [9.17, 15) is 18.0 Å². The van der Waals surface area contributed by atoms with Crippen LogP contribution in [0.4, 0.5) is 13.2 Å². The molecule has 1 aliphatic heterocycles. The van der Waals surface area contributed by atoms with Gasteiger partial charge in [-0.1, -0.05) is 18.2 Å². The number of hydrogen-bond donors (Lipinski definition) is 2. The van der Waals surface area contributed by atoms with Gasteiger partial charge in [-0.05, 0) is 38.7 Å². The maximum atomic E-state index is 12.5. The lowest BCUT2D eigenvalue weighted by atomic mass is 9.86. The Labute approximate surface area is 198 Å². The Morgan fingerprint density at radius 2 is 1.97 bits per heavy atom. The number of carbonyl (C=O) groups is 1. The number of likely N-dealkylation sites (N-methyl/N-ethyl adjacent to an activating group) is 1. The number of aliphatic imine (C=N–C) groups is 1. The first-order valence-corrected chi connectivity index (χ1v) is 10.3. The topological polar surface area (TPSA) is 66.0 Å². The minimum atomic E-state index is -4.43. The van der Waals surface area contributed by atoms with Crippen molar-refractivity contribution in [2.24, 2.45) is 4.99 Å². The van der Waals surface area contributed by atoms with E-state index in [1.165, 1.54) is 0 Å². The van der Waals surface area contributed by atoms with Gasteiger partial charge in [0.05, 0.1) is 6.04 Å². The highest BCUT2D eigenvalue weighted by Crippen LogP contribution is 2.46. The number of alkyl halides is 3. The highest BCUT2D eigenvalue weighted by Gasteiger charge is 2.43. The summed E-state index contributed by atoms with van der Waals surface area (Å²) in [6, 6.07) is 7.79. The van der Waals surface area contributed by atoms with Crippen LogP contribution in [0.2, 0.25) is 0 Å². The molecule has 6 nitrogen and oxygen atoms in total. The molecular weight excluding hydrogens is 524 g/mol. The second-order valence-electron chi connectivity index (χ2n) is 7.99. The van der Waals surface area contributed by atoms with Gasteiger partial charge in [0.25, 0.3) is 0 Å². The molecule has 174 valence electrons. The van der Waals surface area contributed by atoms with Crippen LogP contribution >= 0.6 is 24.0 Å². The molecule has 1 heterocycles. The summed E-state index contributed by atoms with van der Waals surface area (Å²) in [4.78, 5) is 17.0. The van der Waals surface area contributed by atoms with Crippen LogP contribution in [0, 0.1) is 0 Å². The molecule has 1 amide bonds. The molecule has 3 rings (SSSR count). The van der Waals surface area contributed by atoms with Gasteiger partial charge in [0.15, 0.2) is 5.96 Å². The highest BCUT2D eigenvalue weighted by atomic mass is 127. The van der Waals surface area contributed by atoms with Crippen LogP contribution in [0.15, 0.2) is 29.3 Å². The minimum absolute atomic E-state index is 0. The van der Waals surface area contributed by atoms with Crippen molar-refractivity contribution in [3.05, 3.63) is 29.8 Å². The van der Waals surface area contributed by atoms with E-state index in [-0.39, 0.29) is 42.2 Å². The SMILES string of the molecule is CCNC(=NCC(=O)N(C)CC(F)(F)F)NC1CC2(CCCC2)Oc2ccccc21.I. The molecule has 1 fully saturated rings. The van der Waals surface area contributed by atoms with Crippen LogP contribution in [0.1, 0.15) is 50.6 Å². The first-order chi connectivity index (χ1) is 14.2. The summed E-state index contributed by atoms with van der Waals surface area (Å²) in [7, 11) is 1.13. The number of carbonyl (C=O) groups excluding carboxylic acids is 1. The van der Waals surface area contributed by atoms with Crippen molar-refractivity contribution in [1.29, 1.82) is 0 Å². The Kier molecular flexibility index (Phi) is 8.84. The van der Waals surface area contributed by atoms with Crippen molar-refractivity contribution in [3.63, 3.8) is 0 Å². The van der Waals surface area contributed by atoms with E-state index < -0.39 is 18.6 Å². The average molecular weight is 554 g/mol. The number of amides is 1. The van der Waals surface area contributed by atoms with Crippen molar-refractivity contribution >= 4 is 35.8 Å². The Morgan fingerprint density at radius 3 is 2.61 bits per heavy atom. The Bertz CT molecular complexity index is 782. The van der Waals surface area contributed by atoms with Gasteiger partial charge in [-0.25, -0.2) is 4.99 Å². The largest absolute Gasteiger partial charge is 0.487 e. The summed E-state index contributed by atoms with van der Waals surface area (Å²) in [5.41, 5.74) is 0.813. The number of rotatable bonds is 5. The number of halogens is 4. The molecule has 1 aliphatic carbocycles. The molecule has 0 radical (unpaired) electrons. The van der Waals surface area contributed by atoms with Crippen LogP contribution < -0.4 is 15.4 Å². The standard InChI is InChI=1S/C21H29F3N4O2.HI/c1-3-25-19(26-13-18(29)28(2)14-21(22,23)24)27-16-12-20(10-6-7-11-20)30-17-9-5-4-8-15(16)17;/h4-5,8-9,16H,3,6-7,10-14H2,1-2H3,(H2,25,26,27);1H. The quantitative estimate of drug-likeness (QED) is 0.328. The zero-order chi connectivity index (χ0) is 21.8. The summed E-state index contributed by atoms with van der Waals surface area (Å²) in [6.45, 7) is 0.804. The van der Waals surface area contributed by atoms with Gasteiger partial charge in [0, 0.05) is 25.6 Å². The summed E-state index contributed by atoms with van der Waals surface area (Å²) in [5, 5.41) is 6.46. The van der Waals surface area contributed by atoms with E-state index in [1.807, 2.05) is 31.2 Å². The number of guanidine groups is 1. The number of benzene rings is 1. The minimum Gasteiger partial charge on any atom is -0.487 e. The number of ether oxygens (including phenoxy) is 1. The van der Waals surface area contributed by atoms with E-state index in [0.717, 1.165) is 50.5 Å². The number of nitrogens with one attached hydrogen (secondary N) is 2. The lowest BCUT2D eigenvalue weighted by molar-refractivity contribution is -0.157. The molecule has 1 aromatic rings. The van der Waals surface area contributed by atoms with Crippen molar-refractivity contribution in [3.8, 4) is 5.75 Å². The first kappa shape index (κ1) is 25.5. The maximum absolute atomic E-state index is 12.5. The third kappa shape index (κ3) is 6.88. The summed E-state index contributed by atoms with van der Waals surface area (Å²) < 4.78 is 43.9. The van der Waals surface area contributed by atoms with Crippen LogP contribution in [0.3, 0.4) is 0 Å². The average Bonchev–Trinajstić information content (AvgIpc) is 3.12. The maximum Gasteiger partial charge on any atom is 0.406 e. The van der Waals surface area contributed by atoms with E-state index in [2.05, 4.69) is 15.6 Å². The monoisotopic (exact) mass is 554 g/mol. The summed E-state index contributed by atoms with van der Waals surface area (Å²) >= 11 is 0. The predicted molar refractivity (Wildman–Crippen MR) is 124 cm³/mol. The molecule has 1 saturated carbocycles.